The normalized spacial score (nSPS) is 24.3. The zero-order valence-corrected chi connectivity index (χ0v) is 32.2. The van der Waals surface area contributed by atoms with Gasteiger partial charge in [-0.3, -0.25) is 0 Å². The molecule has 2 N–H and O–H groups in total. The fourth-order valence-corrected chi connectivity index (χ4v) is 11.4. The van der Waals surface area contributed by atoms with Gasteiger partial charge in [0.1, 0.15) is 0 Å². The van der Waals surface area contributed by atoms with Crippen LogP contribution >= 0.6 is 0 Å². The van der Waals surface area contributed by atoms with Crippen LogP contribution in [0.25, 0.3) is 38.4 Å². The third kappa shape index (κ3) is 4.58. The van der Waals surface area contributed by atoms with Crippen molar-refractivity contribution in [3.05, 3.63) is 156 Å². The summed E-state index contributed by atoms with van der Waals surface area (Å²) in [6, 6.07) is 47.8. The van der Waals surface area contributed by atoms with Crippen molar-refractivity contribution >= 4 is 80.3 Å². The highest BCUT2D eigenvalue weighted by atomic mass is 16.3. The van der Waals surface area contributed by atoms with E-state index in [1.54, 1.807) is 0 Å². The number of benzene rings is 7. The number of fused-ring (bicyclic) bond motifs is 2. The molecule has 4 atom stereocenters. The highest BCUT2D eigenvalue weighted by Gasteiger charge is 2.58. The molecule has 4 unspecified atom stereocenters. The lowest BCUT2D eigenvalue weighted by molar-refractivity contribution is -0.139. The number of nitrogens with zero attached hydrogens (tertiary/aromatic N) is 4. The lowest BCUT2D eigenvalue weighted by atomic mass is 9.53. The summed E-state index contributed by atoms with van der Waals surface area (Å²) in [7, 11) is 8.78. The molecule has 2 heterocycles. The maximum Gasteiger partial charge on any atom is 0.411 e. The minimum Gasteiger partial charge on any atom is -0.400 e. The van der Waals surface area contributed by atoms with Crippen molar-refractivity contribution < 1.29 is 10.2 Å². The van der Waals surface area contributed by atoms with Crippen molar-refractivity contribution in [2.24, 2.45) is 11.8 Å². The maximum absolute atomic E-state index is 12.5. The first-order valence-corrected chi connectivity index (χ1v) is 19.9. The third-order valence-electron chi connectivity index (χ3n) is 13.9. The van der Waals surface area contributed by atoms with Crippen molar-refractivity contribution in [2.45, 2.75) is 24.2 Å². The second kappa shape index (κ2) is 12.5. The minimum absolute atomic E-state index is 0.0322. The highest BCUT2D eigenvalue weighted by Crippen LogP contribution is 2.57. The molecule has 6 nitrogen and oxygen atoms in total. The first-order chi connectivity index (χ1) is 27.3. The Morgan fingerprint density at radius 2 is 1.11 bits per heavy atom. The fourth-order valence-electron chi connectivity index (χ4n) is 11.4. The molecular weight excluding hydrogens is 686 g/mol. The van der Waals surface area contributed by atoms with Crippen molar-refractivity contribution in [1.82, 2.24) is 4.81 Å². The van der Waals surface area contributed by atoms with E-state index in [9.17, 15) is 10.2 Å². The zero-order valence-electron chi connectivity index (χ0n) is 32.2. The van der Waals surface area contributed by atoms with Gasteiger partial charge in [-0.15, -0.1) is 0 Å². The Morgan fingerprint density at radius 3 is 1.82 bits per heavy atom. The Kier molecular flexibility index (Phi) is 7.53. The lowest BCUT2D eigenvalue weighted by Gasteiger charge is -2.56. The van der Waals surface area contributed by atoms with E-state index in [1.165, 1.54) is 54.7 Å². The van der Waals surface area contributed by atoms with Gasteiger partial charge < -0.3 is 29.5 Å². The van der Waals surface area contributed by atoms with E-state index in [1.807, 2.05) is 0 Å². The Hall–Kier alpha value is -5.53. The summed E-state index contributed by atoms with van der Waals surface area (Å²) in [5.74, 6) is -0.868. The largest absolute Gasteiger partial charge is 0.411 e. The molecule has 4 aliphatic rings. The van der Waals surface area contributed by atoms with Gasteiger partial charge in [0, 0.05) is 46.2 Å². The number of anilines is 3. The standard InChI is InChI=1S/C48H44B2N4O2/c1-51-39-23-11-17-31-25-27-35(45(41(31)39)53(3)49(51)37-21-9-15-29-13-5-7-19-33(29)37)43-47(55)44(48(43)56)36-28-26-32-18-12-24-40-42(32)46(36)54(4)50(52(40)2)38-22-10-16-30-14-6-8-20-34(30)38/h5-28,35,43-45,47-48,55-56H,1-4H3. The molecule has 0 radical (unpaired) electrons. The van der Waals surface area contributed by atoms with Crippen LogP contribution in [0.5, 0.6) is 0 Å². The van der Waals surface area contributed by atoms with Gasteiger partial charge in [0.15, 0.2) is 0 Å². The van der Waals surface area contributed by atoms with E-state index in [-0.39, 0.29) is 31.8 Å². The van der Waals surface area contributed by atoms with Gasteiger partial charge in [0.05, 0.1) is 12.2 Å². The second-order valence-corrected chi connectivity index (χ2v) is 16.5. The van der Waals surface area contributed by atoms with Crippen molar-refractivity contribution in [2.75, 3.05) is 42.6 Å². The van der Waals surface area contributed by atoms with Crippen LogP contribution < -0.4 is 25.4 Å². The van der Waals surface area contributed by atoms with Gasteiger partial charge >= 0.3 is 14.0 Å². The predicted octanol–water partition coefficient (Wildman–Crippen LogP) is 7.02. The zero-order chi connectivity index (χ0) is 38.0. The molecular formula is C48H44B2N4O2. The fraction of sp³-hybridized carbons (Fsp3) is 0.208. The summed E-state index contributed by atoms with van der Waals surface area (Å²) < 4.78 is 0. The van der Waals surface area contributed by atoms with Crippen LogP contribution in [-0.4, -0.2) is 69.4 Å². The molecule has 1 saturated carbocycles. The van der Waals surface area contributed by atoms with Crippen molar-refractivity contribution in [3.63, 3.8) is 0 Å². The summed E-state index contributed by atoms with van der Waals surface area (Å²) in [5.41, 5.74) is 9.42. The summed E-state index contributed by atoms with van der Waals surface area (Å²) in [6.07, 6.45) is 3.02. The quantitative estimate of drug-likeness (QED) is 0.190. The molecule has 0 spiro atoms. The van der Waals surface area contributed by atoms with Crippen LogP contribution in [0.1, 0.15) is 28.7 Å². The van der Waals surface area contributed by atoms with Gasteiger partial charge in [-0.05, 0) is 94.9 Å². The van der Waals surface area contributed by atoms with Crippen LogP contribution in [0.15, 0.2) is 140 Å². The molecule has 7 aromatic carbocycles. The molecule has 7 aromatic rings. The van der Waals surface area contributed by atoms with E-state index < -0.39 is 18.1 Å². The maximum atomic E-state index is 12.5. The topological polar surface area (TPSA) is 53.4 Å². The molecule has 0 bridgehead atoms. The van der Waals surface area contributed by atoms with Crippen LogP contribution in [0.2, 0.25) is 0 Å². The van der Waals surface area contributed by atoms with Crippen molar-refractivity contribution in [3.8, 4) is 0 Å². The average Bonchev–Trinajstić information content (AvgIpc) is 3.22. The van der Waals surface area contributed by atoms with Crippen LogP contribution in [0.4, 0.5) is 17.1 Å². The highest BCUT2D eigenvalue weighted by molar-refractivity contribution is 6.83. The van der Waals surface area contributed by atoms with Gasteiger partial charge in [-0.1, -0.05) is 133 Å². The summed E-state index contributed by atoms with van der Waals surface area (Å²) in [4.78, 5) is 9.64. The van der Waals surface area contributed by atoms with Gasteiger partial charge in [-0.25, -0.2) is 0 Å². The number of aliphatic hydroxyl groups is 2. The second-order valence-electron chi connectivity index (χ2n) is 16.5. The molecule has 8 heteroatoms. The van der Waals surface area contributed by atoms with Crippen LogP contribution in [0.3, 0.4) is 0 Å². The molecule has 1 fully saturated rings. The Bertz CT molecular complexity index is 2730. The molecule has 2 aliphatic heterocycles. The van der Waals surface area contributed by atoms with Gasteiger partial charge in [0.2, 0.25) is 0 Å². The number of hydrogen-bond acceptors (Lipinski definition) is 6. The molecule has 0 saturated heterocycles. The minimum atomic E-state index is -0.734. The summed E-state index contributed by atoms with van der Waals surface area (Å²) in [5, 5.41) is 32.3. The summed E-state index contributed by atoms with van der Waals surface area (Å²) in [6.45, 7) is -0.117. The monoisotopic (exact) mass is 730 g/mol. The van der Waals surface area contributed by atoms with E-state index in [0.29, 0.717) is 0 Å². The van der Waals surface area contributed by atoms with Crippen LogP contribution in [-0.2, 0) is 0 Å². The molecule has 56 heavy (non-hydrogen) atoms. The Morgan fingerprint density at radius 1 is 0.536 bits per heavy atom. The summed E-state index contributed by atoms with van der Waals surface area (Å²) >= 11 is 0. The SMILES string of the molecule is CN1B(c2cccc3ccccc23)N(C)C2c3c(cccc31)C=CC2C1C(O)C(c2ccc3cccc4c3c2N(C)B(c2cccc3ccccc23)N4C)C1O. The number of aliphatic hydroxyl groups excluding tert-OH is 2. The van der Waals surface area contributed by atoms with E-state index in [0.717, 1.165) is 22.3 Å². The Labute approximate surface area is 329 Å². The molecule has 274 valence electrons. The number of rotatable bonds is 4. The Balaban J connectivity index is 0.999. The third-order valence-corrected chi connectivity index (χ3v) is 13.9. The molecule has 2 aliphatic carbocycles. The average molecular weight is 731 g/mol. The first kappa shape index (κ1) is 33.8. The molecule has 0 aromatic heterocycles. The number of hydrogen-bond donors (Lipinski definition) is 2. The predicted molar refractivity (Wildman–Crippen MR) is 236 cm³/mol. The molecule has 11 rings (SSSR count). The van der Waals surface area contributed by atoms with E-state index in [2.05, 4.69) is 193 Å². The van der Waals surface area contributed by atoms with Gasteiger partial charge in [0.25, 0.3) is 0 Å². The van der Waals surface area contributed by atoms with E-state index in [4.69, 9.17) is 0 Å². The lowest BCUT2D eigenvalue weighted by Crippen LogP contribution is -2.65. The molecule has 0 amide bonds. The van der Waals surface area contributed by atoms with Crippen LogP contribution in [0, 0.1) is 11.8 Å². The first-order valence-electron chi connectivity index (χ1n) is 19.9. The van der Waals surface area contributed by atoms with Gasteiger partial charge in [-0.2, -0.15) is 0 Å². The van der Waals surface area contributed by atoms with Crippen molar-refractivity contribution in [1.29, 1.82) is 0 Å². The smallest absolute Gasteiger partial charge is 0.400 e. The van der Waals surface area contributed by atoms with E-state index >= 15 is 0 Å².